The Labute approximate surface area is 232 Å². The van der Waals surface area contributed by atoms with Crippen LogP contribution in [-0.2, 0) is 19.9 Å². The highest BCUT2D eigenvalue weighted by Crippen LogP contribution is 2.70. The van der Waals surface area contributed by atoms with Crippen LogP contribution >= 0.6 is 0 Å². The summed E-state index contributed by atoms with van der Waals surface area (Å²) < 4.78 is 10.8. The first kappa shape index (κ1) is 26.6. The van der Waals surface area contributed by atoms with Crippen molar-refractivity contribution in [3.8, 4) is 40.9 Å². The molecule has 0 unspecified atom stereocenters. The molecule has 12 heteroatoms. The third-order valence-corrected chi connectivity index (χ3v) is 8.27. The van der Waals surface area contributed by atoms with E-state index in [9.17, 15) is 45.0 Å². The summed E-state index contributed by atoms with van der Waals surface area (Å²) in [4.78, 5) is 39.7. The zero-order chi connectivity index (χ0) is 29.6. The van der Waals surface area contributed by atoms with Gasteiger partial charge >= 0.3 is 5.97 Å². The molecule has 210 valence electrons. The maximum atomic E-state index is 13.9. The van der Waals surface area contributed by atoms with Gasteiger partial charge in [0.05, 0.1) is 29.5 Å². The highest BCUT2D eigenvalue weighted by Gasteiger charge is 2.87. The number of methoxy groups -OCH3 is 1. The molecule has 0 radical (unpaired) electrons. The van der Waals surface area contributed by atoms with Crippen molar-refractivity contribution < 1.29 is 54.5 Å². The van der Waals surface area contributed by atoms with Crippen molar-refractivity contribution >= 4 is 23.2 Å². The number of ketones is 2. The highest BCUT2D eigenvalue weighted by atomic mass is 16.7. The number of benzene rings is 2. The van der Waals surface area contributed by atoms with Crippen LogP contribution in [0.5, 0.6) is 17.2 Å². The minimum Gasteiger partial charge on any atom is -0.507 e. The van der Waals surface area contributed by atoms with E-state index in [2.05, 4.69) is 33.7 Å². The second kappa shape index (κ2) is 8.46. The number of epoxide rings is 1. The van der Waals surface area contributed by atoms with Gasteiger partial charge in [-0.2, -0.15) is 0 Å². The molecule has 2 aliphatic carbocycles. The predicted molar refractivity (Wildman–Crippen MR) is 137 cm³/mol. The SMILES string of the molecule is COC(=O)[C@H](O)[C@@](C)(O)[C@@]12O[C@]13c1cc(O)c4c(c1N[C@H]2C#CCCC#C[C@H]3O)C(=O)c1c(ccc(O)c1O)C4=O. The first-order valence-electron chi connectivity index (χ1n) is 12.5. The third-order valence-electron chi connectivity index (χ3n) is 8.27. The van der Waals surface area contributed by atoms with Gasteiger partial charge in [-0.3, -0.25) is 9.59 Å². The molecule has 2 aromatic rings. The summed E-state index contributed by atoms with van der Waals surface area (Å²) in [7, 11) is 1.00. The topological polar surface area (TPSA) is 206 Å². The number of nitrogens with one attached hydrogen (secondary N) is 1. The number of phenols is 3. The maximum absolute atomic E-state index is 13.9. The number of anilines is 1. The first-order chi connectivity index (χ1) is 19.4. The van der Waals surface area contributed by atoms with Crippen molar-refractivity contribution in [3.05, 3.63) is 46.0 Å². The smallest absolute Gasteiger partial charge is 0.337 e. The number of aliphatic hydroxyl groups excluding tert-OH is 2. The molecular formula is C29H23NO11. The van der Waals surface area contributed by atoms with Gasteiger partial charge in [0.1, 0.15) is 17.4 Å². The average molecular weight is 561 g/mol. The molecule has 6 atom stereocenters. The number of esters is 1. The van der Waals surface area contributed by atoms with E-state index in [-0.39, 0.29) is 29.7 Å². The molecule has 1 saturated heterocycles. The molecule has 2 bridgehead atoms. The number of carbonyl (C=O) groups is 3. The van der Waals surface area contributed by atoms with Crippen LogP contribution in [0.25, 0.3) is 0 Å². The molecule has 12 nitrogen and oxygen atoms in total. The van der Waals surface area contributed by atoms with Crippen molar-refractivity contribution in [2.75, 3.05) is 12.4 Å². The standard InChI is InChI=1S/C29H23NO11/c1-27(39,25(37)26(38)40-2)29-16-7-5-3-4-6-8-17(33)28(29,41-29)13-11-15(32)19-20(21(13)30-16)24(36)18-12(22(19)34)9-10-14(31)23(18)35/h9-11,16-17,25,30-33,35,37,39H,3-4H2,1-2H3/t16-,17+,25-,27+,28-,29+/m0/s1. The number of hydrogen-bond acceptors (Lipinski definition) is 12. The molecule has 6 rings (SSSR count). The predicted octanol–water partition coefficient (Wildman–Crippen LogP) is -0.216. The van der Waals surface area contributed by atoms with E-state index in [1.165, 1.54) is 0 Å². The molecule has 0 saturated carbocycles. The molecule has 4 aliphatic rings. The lowest BCUT2D eigenvalue weighted by Crippen LogP contribution is -2.66. The summed E-state index contributed by atoms with van der Waals surface area (Å²) in [5.74, 6) is 5.98. The summed E-state index contributed by atoms with van der Waals surface area (Å²) in [5, 5.41) is 68.7. The van der Waals surface area contributed by atoms with Crippen LogP contribution in [0.15, 0.2) is 18.2 Å². The van der Waals surface area contributed by atoms with E-state index < -0.39 is 86.5 Å². The summed E-state index contributed by atoms with van der Waals surface area (Å²) in [6.07, 6.45) is -3.44. The molecule has 2 aliphatic heterocycles. The van der Waals surface area contributed by atoms with Crippen molar-refractivity contribution in [1.82, 2.24) is 0 Å². The zero-order valence-electron chi connectivity index (χ0n) is 21.6. The fourth-order valence-corrected chi connectivity index (χ4v) is 6.26. The average Bonchev–Trinajstić information content (AvgIpc) is 3.68. The molecule has 0 aromatic heterocycles. The van der Waals surface area contributed by atoms with E-state index in [0.717, 1.165) is 32.2 Å². The molecule has 0 spiro atoms. The van der Waals surface area contributed by atoms with Crippen molar-refractivity contribution in [2.24, 2.45) is 0 Å². The summed E-state index contributed by atoms with van der Waals surface area (Å²) >= 11 is 0. The molecule has 1 fully saturated rings. The van der Waals surface area contributed by atoms with Gasteiger partial charge in [-0.1, -0.05) is 17.8 Å². The Hall–Kier alpha value is -4.59. The summed E-state index contributed by atoms with van der Waals surface area (Å²) in [6.45, 7) is 1.09. The maximum Gasteiger partial charge on any atom is 0.337 e. The second-order valence-electron chi connectivity index (χ2n) is 10.4. The number of carbonyl (C=O) groups excluding carboxylic acids is 3. The fourth-order valence-electron chi connectivity index (χ4n) is 6.26. The van der Waals surface area contributed by atoms with E-state index in [1.54, 1.807) is 0 Å². The molecule has 41 heavy (non-hydrogen) atoms. The summed E-state index contributed by atoms with van der Waals surface area (Å²) in [6, 6.07) is 1.92. The molecule has 7 N–H and O–H groups in total. The van der Waals surface area contributed by atoms with Gasteiger partial charge in [-0.25, -0.2) is 4.79 Å². The van der Waals surface area contributed by atoms with E-state index in [0.29, 0.717) is 0 Å². The Morgan fingerprint density at radius 2 is 1.78 bits per heavy atom. The minimum atomic E-state index is -2.51. The second-order valence-corrected chi connectivity index (χ2v) is 10.4. The van der Waals surface area contributed by atoms with Gasteiger partial charge in [0.15, 0.2) is 40.7 Å². The van der Waals surface area contributed by atoms with Crippen molar-refractivity contribution in [1.29, 1.82) is 0 Å². The quantitative estimate of drug-likeness (QED) is 0.0729. The largest absolute Gasteiger partial charge is 0.507 e. The molecule has 2 aromatic carbocycles. The van der Waals surface area contributed by atoms with E-state index in [1.807, 2.05) is 0 Å². The fraction of sp³-hybridized carbons (Fsp3) is 0.345. The van der Waals surface area contributed by atoms with Crippen LogP contribution in [0.4, 0.5) is 5.69 Å². The van der Waals surface area contributed by atoms with Crippen molar-refractivity contribution in [2.45, 2.75) is 54.8 Å². The normalized spacial score (nSPS) is 28.8. The third kappa shape index (κ3) is 3.07. The Kier molecular flexibility index (Phi) is 5.49. The van der Waals surface area contributed by atoms with Crippen LogP contribution in [0.1, 0.15) is 57.2 Å². The van der Waals surface area contributed by atoms with Crippen molar-refractivity contribution in [3.63, 3.8) is 0 Å². The number of hydrogen-bond donors (Lipinski definition) is 7. The van der Waals surface area contributed by atoms with Crippen LogP contribution in [-0.4, -0.2) is 84.7 Å². The van der Waals surface area contributed by atoms with E-state index in [4.69, 9.17) is 4.74 Å². The first-order valence-corrected chi connectivity index (χ1v) is 12.5. The van der Waals surface area contributed by atoms with Crippen LogP contribution in [0.2, 0.25) is 0 Å². The number of fused-ring (bicyclic) bond motifs is 4. The van der Waals surface area contributed by atoms with Gasteiger partial charge in [-0.05, 0) is 25.1 Å². The molecular weight excluding hydrogens is 538 g/mol. The van der Waals surface area contributed by atoms with Gasteiger partial charge in [0, 0.05) is 24.0 Å². The monoisotopic (exact) mass is 561 g/mol. The van der Waals surface area contributed by atoms with Gasteiger partial charge in [-0.15, -0.1) is 5.92 Å². The number of ether oxygens (including phenoxy) is 2. The summed E-state index contributed by atoms with van der Waals surface area (Å²) in [5.41, 5.74) is -8.52. The van der Waals surface area contributed by atoms with E-state index >= 15 is 0 Å². The number of rotatable bonds is 3. The van der Waals surface area contributed by atoms with Gasteiger partial charge in [0.25, 0.3) is 0 Å². The Balaban J connectivity index is 1.68. The lowest BCUT2D eigenvalue weighted by Gasteiger charge is -2.43. The lowest BCUT2D eigenvalue weighted by molar-refractivity contribution is -0.174. The minimum absolute atomic E-state index is 0.123. The molecule has 2 heterocycles. The lowest BCUT2D eigenvalue weighted by atomic mass is 9.64. The van der Waals surface area contributed by atoms with Crippen LogP contribution < -0.4 is 5.32 Å². The van der Waals surface area contributed by atoms with Crippen LogP contribution in [0, 0.1) is 23.7 Å². The number of aliphatic hydroxyl groups is 3. The molecule has 0 amide bonds. The Morgan fingerprint density at radius 1 is 1.10 bits per heavy atom. The highest BCUT2D eigenvalue weighted by molar-refractivity contribution is 6.32. The Bertz CT molecular complexity index is 1720. The van der Waals surface area contributed by atoms with Gasteiger partial charge < -0.3 is 45.4 Å². The number of aromatic hydroxyl groups is 3. The Morgan fingerprint density at radius 3 is 2.46 bits per heavy atom. The van der Waals surface area contributed by atoms with Crippen LogP contribution in [0.3, 0.4) is 0 Å². The zero-order valence-corrected chi connectivity index (χ0v) is 21.6. The number of phenolic OH excluding ortho intramolecular Hbond substituents is 3. The van der Waals surface area contributed by atoms with Gasteiger partial charge in [0.2, 0.25) is 5.78 Å².